The van der Waals surface area contributed by atoms with Gasteiger partial charge in [0.1, 0.15) is 0 Å². The van der Waals surface area contributed by atoms with E-state index in [0.717, 1.165) is 12.8 Å². The van der Waals surface area contributed by atoms with Crippen LogP contribution >= 0.6 is 0 Å². The molecule has 2 heteroatoms. The number of hydrogen-bond acceptors (Lipinski definition) is 1. The Morgan fingerprint density at radius 1 is 1.24 bits per heavy atom. The second-order valence-electron chi connectivity index (χ2n) is 4.55. The first-order valence-corrected chi connectivity index (χ1v) is 6.08. The zero-order chi connectivity index (χ0) is 11.8. The van der Waals surface area contributed by atoms with E-state index in [2.05, 4.69) is 47.7 Å². The standard InChI is InChI=1S/C15H16N2/c1-11-12(2)17(13-6-4-3-5-7-13)15-8-9-16-10-14(11)15/h4,6-10H,3,5H2,1-2H3. The SMILES string of the molecule is Cc1c(C)n(C2=CCCC=C2)c2ccncc12. The molecule has 3 rings (SSSR count). The van der Waals surface area contributed by atoms with Crippen molar-refractivity contribution in [3.63, 3.8) is 0 Å². The summed E-state index contributed by atoms with van der Waals surface area (Å²) in [6.07, 6.45) is 12.9. The van der Waals surface area contributed by atoms with Crippen LogP contribution in [0.25, 0.3) is 16.6 Å². The lowest BCUT2D eigenvalue weighted by Gasteiger charge is -2.12. The van der Waals surface area contributed by atoms with Crippen LogP contribution in [-0.2, 0) is 0 Å². The highest BCUT2D eigenvalue weighted by molar-refractivity contribution is 5.88. The molecule has 86 valence electrons. The second-order valence-corrected chi connectivity index (χ2v) is 4.55. The minimum absolute atomic E-state index is 1.13. The van der Waals surface area contributed by atoms with Crippen molar-refractivity contribution >= 4 is 16.6 Å². The molecule has 1 aliphatic carbocycles. The normalized spacial score (nSPS) is 15.3. The lowest BCUT2D eigenvalue weighted by molar-refractivity contribution is 0.992. The van der Waals surface area contributed by atoms with Gasteiger partial charge in [-0.15, -0.1) is 0 Å². The molecular weight excluding hydrogens is 208 g/mol. The molecule has 0 unspecified atom stereocenters. The van der Waals surface area contributed by atoms with Crippen molar-refractivity contribution < 1.29 is 0 Å². The topological polar surface area (TPSA) is 17.8 Å². The van der Waals surface area contributed by atoms with Gasteiger partial charge in [-0.2, -0.15) is 0 Å². The zero-order valence-electron chi connectivity index (χ0n) is 10.3. The van der Waals surface area contributed by atoms with Gasteiger partial charge >= 0.3 is 0 Å². The maximum absolute atomic E-state index is 4.22. The summed E-state index contributed by atoms with van der Waals surface area (Å²) in [4.78, 5) is 4.22. The molecule has 0 amide bonds. The van der Waals surface area contributed by atoms with Crippen LogP contribution in [0.15, 0.2) is 36.7 Å². The van der Waals surface area contributed by atoms with E-state index in [1.54, 1.807) is 0 Å². The van der Waals surface area contributed by atoms with Crippen LogP contribution in [0.1, 0.15) is 24.1 Å². The molecule has 0 fully saturated rings. The number of rotatable bonds is 1. The molecule has 1 aliphatic rings. The van der Waals surface area contributed by atoms with E-state index in [1.165, 1.54) is 27.9 Å². The van der Waals surface area contributed by atoms with E-state index in [-0.39, 0.29) is 0 Å². The Balaban J connectivity index is 2.32. The molecule has 2 heterocycles. The summed E-state index contributed by atoms with van der Waals surface area (Å²) >= 11 is 0. The van der Waals surface area contributed by atoms with Crippen molar-refractivity contribution in [3.05, 3.63) is 47.9 Å². The van der Waals surface area contributed by atoms with Crippen molar-refractivity contribution in [1.82, 2.24) is 9.55 Å². The fourth-order valence-electron chi connectivity index (χ4n) is 2.51. The first kappa shape index (κ1) is 10.3. The molecule has 2 nitrogen and oxygen atoms in total. The average Bonchev–Trinajstić information content (AvgIpc) is 2.64. The molecule has 0 saturated carbocycles. The summed E-state index contributed by atoms with van der Waals surface area (Å²) in [7, 11) is 0. The summed E-state index contributed by atoms with van der Waals surface area (Å²) in [5.74, 6) is 0. The maximum atomic E-state index is 4.22. The molecule has 0 spiro atoms. The first-order valence-electron chi connectivity index (χ1n) is 6.08. The molecule has 2 aromatic heterocycles. The Labute approximate surface area is 101 Å². The van der Waals surface area contributed by atoms with Gasteiger partial charge in [0, 0.05) is 29.2 Å². The van der Waals surface area contributed by atoms with Gasteiger partial charge in [0.15, 0.2) is 0 Å². The number of aryl methyl sites for hydroxylation is 1. The van der Waals surface area contributed by atoms with Crippen LogP contribution < -0.4 is 0 Å². The zero-order valence-corrected chi connectivity index (χ0v) is 10.3. The van der Waals surface area contributed by atoms with Gasteiger partial charge in [-0.3, -0.25) is 4.98 Å². The highest BCUT2D eigenvalue weighted by Gasteiger charge is 2.12. The smallest absolute Gasteiger partial charge is 0.0564 e. The van der Waals surface area contributed by atoms with Crippen LogP contribution in [-0.4, -0.2) is 9.55 Å². The Bertz CT molecular complexity index is 630. The molecule has 0 aliphatic heterocycles. The van der Waals surface area contributed by atoms with E-state index in [1.807, 2.05) is 12.4 Å². The van der Waals surface area contributed by atoms with Crippen LogP contribution in [0.5, 0.6) is 0 Å². The summed E-state index contributed by atoms with van der Waals surface area (Å²) in [5.41, 5.74) is 5.18. The average molecular weight is 224 g/mol. The third-order valence-corrected chi connectivity index (χ3v) is 3.55. The van der Waals surface area contributed by atoms with Crippen molar-refractivity contribution in [2.24, 2.45) is 0 Å². The van der Waals surface area contributed by atoms with Crippen LogP contribution in [0, 0.1) is 13.8 Å². The predicted octanol–water partition coefficient (Wildman–Crippen LogP) is 3.84. The van der Waals surface area contributed by atoms with E-state index in [4.69, 9.17) is 0 Å². The fraction of sp³-hybridized carbons (Fsp3) is 0.267. The summed E-state index contributed by atoms with van der Waals surface area (Å²) in [5, 5.41) is 1.25. The summed E-state index contributed by atoms with van der Waals surface area (Å²) in [6.45, 7) is 4.35. The lowest BCUT2D eigenvalue weighted by atomic mass is 10.1. The van der Waals surface area contributed by atoms with Gasteiger partial charge in [-0.25, -0.2) is 0 Å². The van der Waals surface area contributed by atoms with Crippen molar-refractivity contribution in [2.45, 2.75) is 26.7 Å². The van der Waals surface area contributed by atoms with E-state index in [0.29, 0.717) is 0 Å². The van der Waals surface area contributed by atoms with Crippen molar-refractivity contribution in [3.8, 4) is 0 Å². The van der Waals surface area contributed by atoms with Crippen LogP contribution in [0.3, 0.4) is 0 Å². The quantitative estimate of drug-likeness (QED) is 0.719. The second kappa shape index (κ2) is 3.88. The molecule has 0 bridgehead atoms. The number of aromatic nitrogens is 2. The highest BCUT2D eigenvalue weighted by atomic mass is 15.0. The third kappa shape index (κ3) is 1.52. The molecule has 0 saturated heterocycles. The number of fused-ring (bicyclic) bond motifs is 1. The van der Waals surface area contributed by atoms with Gasteiger partial charge in [0.25, 0.3) is 0 Å². The predicted molar refractivity (Wildman–Crippen MR) is 71.9 cm³/mol. The van der Waals surface area contributed by atoms with Crippen molar-refractivity contribution in [1.29, 1.82) is 0 Å². The number of hydrogen-bond donors (Lipinski definition) is 0. The number of pyridine rings is 1. The summed E-state index contributed by atoms with van der Waals surface area (Å²) in [6, 6.07) is 2.10. The van der Waals surface area contributed by atoms with Gasteiger partial charge in [-0.05, 0) is 44.4 Å². The minimum Gasteiger partial charge on any atom is -0.314 e. The molecule has 0 N–H and O–H groups in total. The van der Waals surface area contributed by atoms with Gasteiger partial charge in [-0.1, -0.05) is 12.2 Å². The van der Waals surface area contributed by atoms with Crippen LogP contribution in [0.2, 0.25) is 0 Å². The Morgan fingerprint density at radius 2 is 2.12 bits per heavy atom. The lowest BCUT2D eigenvalue weighted by Crippen LogP contribution is -1.99. The number of nitrogens with zero attached hydrogens (tertiary/aromatic N) is 2. The Hall–Kier alpha value is -1.83. The van der Waals surface area contributed by atoms with Gasteiger partial charge in [0.2, 0.25) is 0 Å². The van der Waals surface area contributed by atoms with Crippen molar-refractivity contribution in [2.75, 3.05) is 0 Å². The molecular formula is C15H16N2. The fourth-order valence-corrected chi connectivity index (χ4v) is 2.51. The van der Waals surface area contributed by atoms with Crippen LogP contribution in [0.4, 0.5) is 0 Å². The maximum Gasteiger partial charge on any atom is 0.0564 e. The molecule has 0 radical (unpaired) electrons. The minimum atomic E-state index is 1.13. The number of allylic oxidation sites excluding steroid dienone is 4. The molecule has 17 heavy (non-hydrogen) atoms. The third-order valence-electron chi connectivity index (χ3n) is 3.55. The van der Waals surface area contributed by atoms with E-state index >= 15 is 0 Å². The van der Waals surface area contributed by atoms with E-state index < -0.39 is 0 Å². The molecule has 0 atom stereocenters. The highest BCUT2D eigenvalue weighted by Crippen LogP contribution is 2.29. The summed E-state index contributed by atoms with van der Waals surface area (Å²) < 4.78 is 2.34. The largest absolute Gasteiger partial charge is 0.314 e. The Kier molecular flexibility index (Phi) is 2.36. The first-order chi connectivity index (χ1) is 8.29. The monoisotopic (exact) mass is 224 g/mol. The van der Waals surface area contributed by atoms with Gasteiger partial charge in [0.05, 0.1) is 5.52 Å². The molecule has 0 aromatic carbocycles. The van der Waals surface area contributed by atoms with E-state index in [9.17, 15) is 0 Å². The van der Waals surface area contributed by atoms with Gasteiger partial charge < -0.3 is 4.57 Å². The molecule has 2 aromatic rings. The Morgan fingerprint density at radius 3 is 2.88 bits per heavy atom.